The van der Waals surface area contributed by atoms with E-state index in [0.29, 0.717) is 42.5 Å². The van der Waals surface area contributed by atoms with Gasteiger partial charge in [-0.15, -0.1) is 0 Å². The van der Waals surface area contributed by atoms with E-state index in [0.717, 1.165) is 0 Å². The summed E-state index contributed by atoms with van der Waals surface area (Å²) in [7, 11) is 0. The fraction of sp³-hybridized carbons (Fsp3) is 0.451. The number of aliphatic carboxylic acids is 2. The molecule has 414 valence electrons. The van der Waals surface area contributed by atoms with Gasteiger partial charge in [0.2, 0.25) is 47.3 Å². The van der Waals surface area contributed by atoms with Crippen LogP contribution in [0.2, 0.25) is 0 Å². The Labute approximate surface area is 438 Å². The minimum Gasteiger partial charge on any atom is -0.508 e. The lowest BCUT2D eigenvalue weighted by atomic mass is 10.00. The van der Waals surface area contributed by atoms with Gasteiger partial charge < -0.3 is 80.0 Å². The maximum atomic E-state index is 14.4. The van der Waals surface area contributed by atoms with E-state index in [4.69, 9.17) is 17.2 Å². The number of amides is 8. The molecule has 0 bridgehead atoms. The lowest BCUT2D eigenvalue weighted by Gasteiger charge is -2.28. The zero-order valence-corrected chi connectivity index (χ0v) is 42.3. The molecule has 7 unspecified atom stereocenters. The monoisotopic (exact) mass is 1060 g/mol. The number of unbranched alkanes of at least 4 members (excludes halogenated alkanes) is 1. The number of hydrogen-bond acceptors (Lipinski definition) is 15. The molecule has 25 nitrogen and oxygen atoms in total. The summed E-state index contributed by atoms with van der Waals surface area (Å²) in [5.41, 5.74) is 18.1. The van der Waals surface area contributed by atoms with Crippen LogP contribution >= 0.6 is 0 Å². The molecule has 25 heteroatoms. The molecule has 0 aliphatic heterocycles. The molecule has 3 aromatic carbocycles. The van der Waals surface area contributed by atoms with Crippen molar-refractivity contribution >= 4 is 59.2 Å². The summed E-state index contributed by atoms with van der Waals surface area (Å²) in [5.74, 6) is -10.8. The molecule has 0 aliphatic carbocycles. The normalized spacial score (nSPS) is 13.8. The first kappa shape index (κ1) is 62.0. The molecule has 0 radical (unpaired) electrons. The standard InChI is InChI=1S/C51H70N10O15/c1-28(2)23-38(48(72)61-41(51(75)76)26-31-10-16-34(64)17-11-31)59-46(70)36(18-20-42(54)65)57-50(74)40(25-30-8-14-33(63)15-9-30)60-47(71)37(19-21-44(67)68)58-49(73)39(24-29-6-12-32(62)13-7-29)56-43(66)27-55-45(69)35(53)5-3-4-22-52/h6-17,28,35-41,62-64H,3-5,18-27,52-53H2,1-2H3,(H2,54,65)(H,55,69)(H,56,66)(H,57,74)(H,58,73)(H,59,70)(H,60,71)(H,61,72)(H,67,68)(H,75,76). The van der Waals surface area contributed by atoms with Crippen LogP contribution in [0.1, 0.15) is 81.9 Å². The maximum Gasteiger partial charge on any atom is 0.326 e. The third kappa shape index (κ3) is 22.8. The van der Waals surface area contributed by atoms with Gasteiger partial charge in [-0.1, -0.05) is 56.7 Å². The Hall–Kier alpha value is -8.32. The van der Waals surface area contributed by atoms with E-state index >= 15 is 0 Å². The highest BCUT2D eigenvalue weighted by Gasteiger charge is 2.34. The summed E-state index contributed by atoms with van der Waals surface area (Å²) in [6, 6.07) is 6.30. The Morgan fingerprint density at radius 3 is 1.29 bits per heavy atom. The van der Waals surface area contributed by atoms with E-state index in [1.54, 1.807) is 13.8 Å². The second kappa shape index (κ2) is 31.4. The average molecular weight is 1060 g/mol. The maximum absolute atomic E-state index is 14.4. The van der Waals surface area contributed by atoms with E-state index in [1.807, 2.05) is 0 Å². The van der Waals surface area contributed by atoms with Gasteiger partial charge in [-0.2, -0.15) is 0 Å². The number of phenols is 3. The van der Waals surface area contributed by atoms with Gasteiger partial charge in [-0.3, -0.25) is 43.2 Å². The Morgan fingerprint density at radius 2 is 0.868 bits per heavy atom. The van der Waals surface area contributed by atoms with Crippen molar-refractivity contribution in [2.24, 2.45) is 23.1 Å². The zero-order chi connectivity index (χ0) is 56.5. The van der Waals surface area contributed by atoms with Crippen LogP contribution in [0.4, 0.5) is 0 Å². The number of rotatable bonds is 33. The van der Waals surface area contributed by atoms with Crippen molar-refractivity contribution in [3.63, 3.8) is 0 Å². The van der Waals surface area contributed by atoms with Gasteiger partial charge in [0.05, 0.1) is 12.6 Å². The number of carboxylic acids is 2. The van der Waals surface area contributed by atoms with Crippen LogP contribution in [0.15, 0.2) is 72.8 Å². The Kier molecular flexibility index (Phi) is 25.6. The molecular weight excluding hydrogens is 993 g/mol. The largest absolute Gasteiger partial charge is 0.508 e. The van der Waals surface area contributed by atoms with Gasteiger partial charge in [0.1, 0.15) is 53.5 Å². The van der Waals surface area contributed by atoms with Crippen molar-refractivity contribution < 1.29 is 73.5 Å². The second-order valence-corrected chi connectivity index (χ2v) is 18.6. The summed E-state index contributed by atoms with van der Waals surface area (Å²) in [5, 5.41) is 66.4. The van der Waals surface area contributed by atoms with Gasteiger partial charge in [0.25, 0.3) is 0 Å². The highest BCUT2D eigenvalue weighted by Crippen LogP contribution is 2.16. The van der Waals surface area contributed by atoms with Gasteiger partial charge in [0.15, 0.2) is 0 Å². The predicted molar refractivity (Wildman–Crippen MR) is 273 cm³/mol. The van der Waals surface area contributed by atoms with Crippen LogP contribution in [0.3, 0.4) is 0 Å². The molecule has 7 atom stereocenters. The zero-order valence-electron chi connectivity index (χ0n) is 42.3. The third-order valence-corrected chi connectivity index (χ3v) is 11.7. The number of aromatic hydroxyl groups is 3. The Balaban J connectivity index is 1.94. The van der Waals surface area contributed by atoms with Crippen molar-refractivity contribution in [1.29, 1.82) is 0 Å². The van der Waals surface area contributed by atoms with E-state index < -0.39 is 134 Å². The fourth-order valence-corrected chi connectivity index (χ4v) is 7.56. The summed E-state index contributed by atoms with van der Waals surface area (Å²) in [6.45, 7) is 3.24. The van der Waals surface area contributed by atoms with Crippen LogP contribution in [0.5, 0.6) is 17.2 Å². The molecule has 0 spiro atoms. The molecule has 0 aromatic heterocycles. The van der Waals surface area contributed by atoms with Crippen LogP contribution < -0.4 is 54.4 Å². The summed E-state index contributed by atoms with van der Waals surface area (Å²) < 4.78 is 0. The number of hydrogen-bond donors (Lipinski definition) is 15. The van der Waals surface area contributed by atoms with E-state index in [2.05, 4.69) is 37.2 Å². The molecule has 0 aliphatic rings. The minimum atomic E-state index is -1.71. The van der Waals surface area contributed by atoms with E-state index in [1.165, 1.54) is 72.8 Å². The van der Waals surface area contributed by atoms with Gasteiger partial charge in [-0.05, 0) is 97.7 Å². The van der Waals surface area contributed by atoms with Crippen molar-refractivity contribution in [1.82, 2.24) is 37.2 Å². The lowest BCUT2D eigenvalue weighted by molar-refractivity contribution is -0.142. The molecule has 76 heavy (non-hydrogen) atoms. The molecular formula is C51H70N10O15. The number of phenolic OH excluding ortho intramolecular Hbond substituents is 3. The summed E-state index contributed by atoms with van der Waals surface area (Å²) in [6.07, 6.45) is -1.48. The van der Waals surface area contributed by atoms with Crippen molar-refractivity contribution in [3.05, 3.63) is 89.5 Å². The van der Waals surface area contributed by atoms with Crippen LogP contribution in [-0.4, -0.2) is 140 Å². The molecule has 3 rings (SSSR count). The Morgan fingerprint density at radius 1 is 0.487 bits per heavy atom. The fourth-order valence-electron chi connectivity index (χ4n) is 7.56. The number of carbonyl (C=O) groups is 10. The smallest absolute Gasteiger partial charge is 0.326 e. The molecule has 0 fully saturated rings. The van der Waals surface area contributed by atoms with Gasteiger partial charge >= 0.3 is 11.9 Å². The number of nitrogens with one attached hydrogen (secondary N) is 7. The quantitative estimate of drug-likeness (QED) is 0.0311. The summed E-state index contributed by atoms with van der Waals surface area (Å²) >= 11 is 0. The number of carboxylic acid groups (broad SMARTS) is 2. The molecule has 18 N–H and O–H groups in total. The van der Waals surface area contributed by atoms with Crippen LogP contribution in [0.25, 0.3) is 0 Å². The summed E-state index contributed by atoms with van der Waals surface area (Å²) in [4.78, 5) is 133. The van der Waals surface area contributed by atoms with Crippen LogP contribution in [0, 0.1) is 5.92 Å². The number of carbonyl (C=O) groups excluding carboxylic acids is 8. The van der Waals surface area contributed by atoms with Crippen molar-refractivity contribution in [3.8, 4) is 17.2 Å². The predicted octanol–water partition coefficient (Wildman–Crippen LogP) is -1.43. The van der Waals surface area contributed by atoms with Gasteiger partial charge in [0, 0.05) is 32.1 Å². The molecule has 8 amide bonds. The van der Waals surface area contributed by atoms with E-state index in [-0.39, 0.29) is 48.8 Å². The highest BCUT2D eigenvalue weighted by atomic mass is 16.4. The van der Waals surface area contributed by atoms with Crippen molar-refractivity contribution in [2.75, 3.05) is 13.1 Å². The highest BCUT2D eigenvalue weighted by molar-refractivity contribution is 5.97. The lowest BCUT2D eigenvalue weighted by Crippen LogP contribution is -2.60. The molecule has 0 heterocycles. The van der Waals surface area contributed by atoms with Crippen LogP contribution in [-0.2, 0) is 67.2 Å². The SMILES string of the molecule is CC(C)CC(NC(=O)C(CCC(N)=O)NC(=O)C(Cc1ccc(O)cc1)NC(=O)C(CCC(=O)O)NC(=O)C(Cc1ccc(O)cc1)NC(=O)CNC(=O)C(N)CCCCN)C(=O)NC(Cc1ccc(O)cc1)C(=O)O. The Bertz CT molecular complexity index is 2460. The topological polar surface area (TPSA) is 434 Å². The van der Waals surface area contributed by atoms with Crippen molar-refractivity contribution in [2.45, 2.75) is 127 Å². The first-order chi connectivity index (χ1) is 35.9. The molecule has 0 saturated carbocycles. The molecule has 0 saturated heterocycles. The second-order valence-electron chi connectivity index (χ2n) is 18.6. The third-order valence-electron chi connectivity index (χ3n) is 11.7. The number of benzene rings is 3. The average Bonchev–Trinajstić information content (AvgIpc) is 3.36. The first-order valence-corrected chi connectivity index (χ1v) is 24.6. The van der Waals surface area contributed by atoms with E-state index in [9.17, 15) is 73.5 Å². The molecule has 3 aromatic rings. The van der Waals surface area contributed by atoms with Gasteiger partial charge in [-0.25, -0.2) is 4.79 Å². The number of primary amides is 1. The number of nitrogens with two attached hydrogens (primary N) is 3. The minimum absolute atomic E-state index is 0.0245. The first-order valence-electron chi connectivity index (χ1n) is 24.6.